The molecule has 0 aliphatic heterocycles. The fraction of sp³-hybridized carbons (Fsp3) is 0.538. The molecule has 17 heavy (non-hydrogen) atoms. The van der Waals surface area contributed by atoms with E-state index in [1.165, 1.54) is 0 Å². The zero-order valence-corrected chi connectivity index (χ0v) is 10.2. The van der Waals surface area contributed by atoms with Gasteiger partial charge in [-0.2, -0.15) is 0 Å². The zero-order chi connectivity index (χ0) is 12.3. The van der Waals surface area contributed by atoms with Gasteiger partial charge < -0.3 is 11.1 Å². The molecule has 4 nitrogen and oxygen atoms in total. The summed E-state index contributed by atoms with van der Waals surface area (Å²) in [6.07, 6.45) is 7.23. The molecule has 0 bridgehead atoms. The Bertz CT molecular complexity index is 411. The number of nitrogens with one attached hydrogen (secondary N) is 1. The maximum Gasteiger partial charge on any atom is 0.240 e. The SMILES string of the molecule is Cc1ccncc1CNC(=O)C1(N)CCCC1. The van der Waals surface area contributed by atoms with E-state index in [2.05, 4.69) is 10.3 Å². The summed E-state index contributed by atoms with van der Waals surface area (Å²) in [5, 5.41) is 2.92. The van der Waals surface area contributed by atoms with Gasteiger partial charge in [0.1, 0.15) is 0 Å². The van der Waals surface area contributed by atoms with Gasteiger partial charge >= 0.3 is 0 Å². The van der Waals surface area contributed by atoms with Crippen LogP contribution in [0.25, 0.3) is 0 Å². The second kappa shape index (κ2) is 4.84. The average molecular weight is 233 g/mol. The highest BCUT2D eigenvalue weighted by Gasteiger charge is 2.36. The largest absolute Gasteiger partial charge is 0.350 e. The lowest BCUT2D eigenvalue weighted by Gasteiger charge is -2.22. The summed E-state index contributed by atoms with van der Waals surface area (Å²) in [5.41, 5.74) is 7.62. The van der Waals surface area contributed by atoms with E-state index in [1.807, 2.05) is 13.0 Å². The molecule has 0 spiro atoms. The van der Waals surface area contributed by atoms with Crippen LogP contribution < -0.4 is 11.1 Å². The van der Waals surface area contributed by atoms with Gasteiger partial charge in [-0.25, -0.2) is 0 Å². The number of amides is 1. The Labute approximate surface area is 102 Å². The number of pyridine rings is 1. The number of nitrogens with zero attached hydrogens (tertiary/aromatic N) is 1. The maximum atomic E-state index is 12.0. The van der Waals surface area contributed by atoms with Gasteiger partial charge in [0.05, 0.1) is 5.54 Å². The highest BCUT2D eigenvalue weighted by Crippen LogP contribution is 2.27. The number of rotatable bonds is 3. The smallest absolute Gasteiger partial charge is 0.240 e. The van der Waals surface area contributed by atoms with Crippen molar-refractivity contribution in [1.82, 2.24) is 10.3 Å². The van der Waals surface area contributed by atoms with Crippen LogP contribution in [0.1, 0.15) is 36.8 Å². The van der Waals surface area contributed by atoms with Crippen molar-refractivity contribution in [3.63, 3.8) is 0 Å². The molecular weight excluding hydrogens is 214 g/mol. The summed E-state index contributed by atoms with van der Waals surface area (Å²) in [4.78, 5) is 16.1. The molecule has 1 aromatic heterocycles. The van der Waals surface area contributed by atoms with E-state index in [4.69, 9.17) is 5.73 Å². The molecule has 0 saturated heterocycles. The van der Waals surface area contributed by atoms with Crippen LogP contribution in [0.15, 0.2) is 18.5 Å². The van der Waals surface area contributed by atoms with Gasteiger partial charge in [0.2, 0.25) is 5.91 Å². The van der Waals surface area contributed by atoms with Crippen LogP contribution in [0.5, 0.6) is 0 Å². The third-order valence-electron chi connectivity index (χ3n) is 3.53. The summed E-state index contributed by atoms with van der Waals surface area (Å²) in [7, 11) is 0. The molecule has 3 N–H and O–H groups in total. The van der Waals surface area contributed by atoms with Crippen LogP contribution in [0.2, 0.25) is 0 Å². The number of aryl methyl sites for hydroxylation is 1. The molecular formula is C13H19N3O. The summed E-state index contributed by atoms with van der Waals surface area (Å²) >= 11 is 0. The predicted octanol–water partition coefficient (Wildman–Crippen LogP) is 1.28. The van der Waals surface area contributed by atoms with Gasteiger partial charge in [0.25, 0.3) is 0 Å². The lowest BCUT2D eigenvalue weighted by molar-refractivity contribution is -0.126. The maximum absolute atomic E-state index is 12.0. The van der Waals surface area contributed by atoms with Crippen LogP contribution in [0.4, 0.5) is 0 Å². The van der Waals surface area contributed by atoms with E-state index in [1.54, 1.807) is 12.4 Å². The monoisotopic (exact) mass is 233 g/mol. The highest BCUT2D eigenvalue weighted by molar-refractivity contribution is 5.86. The van der Waals surface area contributed by atoms with E-state index in [0.717, 1.165) is 36.8 Å². The van der Waals surface area contributed by atoms with Gasteiger partial charge in [-0.3, -0.25) is 9.78 Å². The van der Waals surface area contributed by atoms with E-state index in [0.29, 0.717) is 6.54 Å². The molecule has 1 amide bonds. The first kappa shape index (κ1) is 12.0. The van der Waals surface area contributed by atoms with Crippen LogP contribution in [0.3, 0.4) is 0 Å². The van der Waals surface area contributed by atoms with Crippen molar-refractivity contribution < 1.29 is 4.79 Å². The quantitative estimate of drug-likeness (QED) is 0.826. The first-order valence-electron chi connectivity index (χ1n) is 6.08. The molecule has 0 radical (unpaired) electrons. The van der Waals surface area contributed by atoms with E-state index < -0.39 is 5.54 Å². The Balaban J connectivity index is 1.94. The van der Waals surface area contributed by atoms with Crippen LogP contribution in [0, 0.1) is 6.92 Å². The molecule has 1 aromatic rings. The minimum absolute atomic E-state index is 0.0294. The fourth-order valence-electron chi connectivity index (χ4n) is 2.27. The third kappa shape index (κ3) is 2.64. The molecule has 1 heterocycles. The Kier molecular flexibility index (Phi) is 3.43. The molecule has 1 saturated carbocycles. The summed E-state index contributed by atoms with van der Waals surface area (Å²) in [6.45, 7) is 2.52. The Hall–Kier alpha value is -1.42. The summed E-state index contributed by atoms with van der Waals surface area (Å²) in [5.74, 6) is -0.0294. The predicted molar refractivity (Wildman–Crippen MR) is 66.2 cm³/mol. The van der Waals surface area contributed by atoms with E-state index in [9.17, 15) is 4.79 Å². The number of carbonyl (C=O) groups excluding carboxylic acids is 1. The lowest BCUT2D eigenvalue weighted by atomic mass is 9.98. The highest BCUT2D eigenvalue weighted by atomic mass is 16.2. The molecule has 0 aromatic carbocycles. The average Bonchev–Trinajstić information content (AvgIpc) is 2.76. The number of carbonyl (C=O) groups is 1. The molecule has 0 unspecified atom stereocenters. The molecule has 1 fully saturated rings. The molecule has 2 rings (SSSR count). The van der Waals surface area contributed by atoms with Gasteiger partial charge in [-0.05, 0) is 37.0 Å². The Morgan fingerprint density at radius 2 is 2.24 bits per heavy atom. The van der Waals surface area contributed by atoms with Crippen molar-refractivity contribution in [2.24, 2.45) is 5.73 Å². The Morgan fingerprint density at radius 3 is 2.88 bits per heavy atom. The van der Waals surface area contributed by atoms with Crippen LogP contribution in [-0.2, 0) is 11.3 Å². The van der Waals surface area contributed by atoms with Gasteiger partial charge in [-0.15, -0.1) is 0 Å². The molecule has 1 aliphatic carbocycles. The first-order valence-corrected chi connectivity index (χ1v) is 6.08. The number of aromatic nitrogens is 1. The molecule has 4 heteroatoms. The minimum Gasteiger partial charge on any atom is -0.350 e. The van der Waals surface area contributed by atoms with Crippen molar-refractivity contribution in [2.45, 2.75) is 44.7 Å². The molecule has 1 aliphatic rings. The Morgan fingerprint density at radius 1 is 1.53 bits per heavy atom. The summed E-state index contributed by atoms with van der Waals surface area (Å²) < 4.78 is 0. The van der Waals surface area contributed by atoms with Crippen molar-refractivity contribution in [3.8, 4) is 0 Å². The van der Waals surface area contributed by atoms with E-state index >= 15 is 0 Å². The van der Waals surface area contributed by atoms with Crippen molar-refractivity contribution in [1.29, 1.82) is 0 Å². The van der Waals surface area contributed by atoms with Gasteiger partial charge in [0.15, 0.2) is 0 Å². The lowest BCUT2D eigenvalue weighted by Crippen LogP contribution is -2.51. The molecule has 92 valence electrons. The van der Waals surface area contributed by atoms with Gasteiger partial charge in [0, 0.05) is 18.9 Å². The van der Waals surface area contributed by atoms with Crippen molar-refractivity contribution >= 4 is 5.91 Å². The van der Waals surface area contributed by atoms with Crippen LogP contribution >= 0.6 is 0 Å². The standard InChI is InChI=1S/C13H19N3O/c1-10-4-7-15-8-11(10)9-16-12(17)13(14)5-2-3-6-13/h4,7-8H,2-3,5-6,9,14H2,1H3,(H,16,17). The van der Waals surface area contributed by atoms with E-state index in [-0.39, 0.29) is 5.91 Å². The van der Waals surface area contributed by atoms with Crippen molar-refractivity contribution in [2.75, 3.05) is 0 Å². The van der Waals surface area contributed by atoms with Gasteiger partial charge in [-0.1, -0.05) is 12.8 Å². The number of hydrogen-bond donors (Lipinski definition) is 2. The second-order valence-electron chi connectivity index (χ2n) is 4.85. The van der Waals surface area contributed by atoms with Crippen molar-refractivity contribution in [3.05, 3.63) is 29.6 Å². The third-order valence-corrected chi connectivity index (χ3v) is 3.53. The van der Waals surface area contributed by atoms with Crippen LogP contribution in [-0.4, -0.2) is 16.4 Å². The fourth-order valence-corrected chi connectivity index (χ4v) is 2.27. The number of nitrogens with two attached hydrogens (primary N) is 1. The second-order valence-corrected chi connectivity index (χ2v) is 4.85. The number of hydrogen-bond acceptors (Lipinski definition) is 3. The summed E-state index contributed by atoms with van der Waals surface area (Å²) in [6, 6.07) is 1.94. The first-order chi connectivity index (χ1) is 8.12. The minimum atomic E-state index is -0.643. The normalized spacial score (nSPS) is 18.0. The topological polar surface area (TPSA) is 68.0 Å². The molecule has 0 atom stereocenters. The zero-order valence-electron chi connectivity index (χ0n) is 10.2.